The van der Waals surface area contributed by atoms with Crippen LogP contribution in [0.2, 0.25) is 0 Å². The number of piperidine rings is 1. The van der Waals surface area contributed by atoms with E-state index in [1.807, 2.05) is 24.3 Å². The number of carbonyl (C=O) groups excluding carboxylic acids is 1. The highest BCUT2D eigenvalue weighted by atomic mass is 16.4. The average molecular weight is 317 g/mol. The van der Waals surface area contributed by atoms with Gasteiger partial charge < -0.3 is 19.7 Å². The van der Waals surface area contributed by atoms with Crippen molar-refractivity contribution in [1.29, 1.82) is 0 Å². The Hall–Kier alpha value is -2.57. The maximum absolute atomic E-state index is 11.9. The molecule has 2 heterocycles. The molecule has 1 aromatic heterocycles. The van der Waals surface area contributed by atoms with Gasteiger partial charge in [0.1, 0.15) is 5.52 Å². The highest BCUT2D eigenvalue weighted by Gasteiger charge is 2.26. The predicted molar refractivity (Wildman–Crippen MR) is 83.2 cm³/mol. The summed E-state index contributed by atoms with van der Waals surface area (Å²) in [5, 5.41) is 11.2. The number of oxazole rings is 1. The van der Waals surface area contributed by atoms with Gasteiger partial charge >= 0.3 is 12.0 Å². The van der Waals surface area contributed by atoms with Crippen molar-refractivity contribution < 1.29 is 19.1 Å². The van der Waals surface area contributed by atoms with Gasteiger partial charge in [-0.2, -0.15) is 0 Å². The van der Waals surface area contributed by atoms with Gasteiger partial charge in [0.15, 0.2) is 11.5 Å². The van der Waals surface area contributed by atoms with E-state index in [0.717, 1.165) is 29.8 Å². The van der Waals surface area contributed by atoms with Gasteiger partial charge in [-0.1, -0.05) is 12.1 Å². The van der Waals surface area contributed by atoms with Gasteiger partial charge in [0.2, 0.25) is 0 Å². The number of para-hydroxylation sites is 2. The van der Waals surface area contributed by atoms with Crippen LogP contribution in [0.5, 0.6) is 0 Å². The van der Waals surface area contributed by atoms with Crippen molar-refractivity contribution in [2.45, 2.75) is 25.2 Å². The van der Waals surface area contributed by atoms with E-state index in [-0.39, 0.29) is 24.9 Å². The third-order valence-corrected chi connectivity index (χ3v) is 4.06. The number of hydrogen-bond donors (Lipinski definition) is 2. The summed E-state index contributed by atoms with van der Waals surface area (Å²) < 4.78 is 5.80. The standard InChI is InChI=1S/C16H19N3O4/c20-14(21)5-8-17-16(22)19-9-6-11(7-10-19)15-18-12-3-1-2-4-13(12)23-15/h1-4,11H,5-10H2,(H,17,22)(H,20,21). The van der Waals surface area contributed by atoms with Gasteiger partial charge in [0, 0.05) is 25.6 Å². The van der Waals surface area contributed by atoms with Crippen LogP contribution in [-0.2, 0) is 4.79 Å². The van der Waals surface area contributed by atoms with Crippen molar-refractivity contribution in [1.82, 2.24) is 15.2 Å². The number of carbonyl (C=O) groups is 2. The first kappa shape index (κ1) is 15.3. The van der Waals surface area contributed by atoms with Crippen molar-refractivity contribution in [2.24, 2.45) is 0 Å². The Labute approximate surface area is 133 Å². The van der Waals surface area contributed by atoms with E-state index >= 15 is 0 Å². The van der Waals surface area contributed by atoms with Crippen molar-refractivity contribution in [3.05, 3.63) is 30.2 Å². The molecule has 2 aromatic rings. The number of amides is 2. The Bertz CT molecular complexity index is 671. The largest absolute Gasteiger partial charge is 0.481 e. The van der Waals surface area contributed by atoms with E-state index in [9.17, 15) is 9.59 Å². The molecule has 23 heavy (non-hydrogen) atoms. The summed E-state index contributed by atoms with van der Waals surface area (Å²) in [6.45, 7) is 1.38. The third kappa shape index (κ3) is 3.61. The third-order valence-electron chi connectivity index (χ3n) is 4.06. The molecule has 0 unspecified atom stereocenters. The lowest BCUT2D eigenvalue weighted by atomic mass is 9.97. The Kier molecular flexibility index (Phi) is 4.45. The molecule has 0 bridgehead atoms. The molecule has 0 aliphatic carbocycles. The first-order valence-electron chi connectivity index (χ1n) is 7.73. The molecule has 1 aliphatic heterocycles. The van der Waals surface area contributed by atoms with E-state index in [4.69, 9.17) is 9.52 Å². The number of carboxylic acid groups (broad SMARTS) is 1. The zero-order valence-corrected chi connectivity index (χ0v) is 12.7. The van der Waals surface area contributed by atoms with E-state index in [0.29, 0.717) is 13.1 Å². The zero-order valence-electron chi connectivity index (χ0n) is 12.7. The van der Waals surface area contributed by atoms with Crippen LogP contribution in [0.25, 0.3) is 11.1 Å². The lowest BCUT2D eigenvalue weighted by Crippen LogP contribution is -2.44. The fraction of sp³-hybridized carbons (Fsp3) is 0.438. The number of aliphatic carboxylic acids is 1. The van der Waals surface area contributed by atoms with E-state index < -0.39 is 5.97 Å². The summed E-state index contributed by atoms with van der Waals surface area (Å²) in [6, 6.07) is 7.46. The van der Waals surface area contributed by atoms with Crippen LogP contribution in [-0.4, -0.2) is 46.6 Å². The number of hydrogen-bond acceptors (Lipinski definition) is 4. The molecule has 2 amide bonds. The molecule has 1 fully saturated rings. The Morgan fingerprint density at radius 2 is 2.04 bits per heavy atom. The summed E-state index contributed by atoms with van der Waals surface area (Å²) in [6.07, 6.45) is 1.52. The minimum atomic E-state index is -0.917. The zero-order chi connectivity index (χ0) is 16.2. The SMILES string of the molecule is O=C(O)CCNC(=O)N1CCC(c2nc3ccccc3o2)CC1. The van der Waals surface area contributed by atoms with E-state index in [1.165, 1.54) is 0 Å². The molecule has 1 saturated heterocycles. The molecular formula is C16H19N3O4. The minimum absolute atomic E-state index is 0.0644. The molecule has 0 atom stereocenters. The van der Waals surface area contributed by atoms with Gasteiger partial charge in [0.05, 0.1) is 6.42 Å². The van der Waals surface area contributed by atoms with Gasteiger partial charge in [-0.05, 0) is 25.0 Å². The molecule has 0 radical (unpaired) electrons. The maximum atomic E-state index is 11.9. The number of rotatable bonds is 4. The van der Waals surface area contributed by atoms with E-state index in [2.05, 4.69) is 10.3 Å². The number of nitrogens with zero attached hydrogens (tertiary/aromatic N) is 2. The van der Waals surface area contributed by atoms with Crippen molar-refractivity contribution in [3.63, 3.8) is 0 Å². The number of nitrogens with one attached hydrogen (secondary N) is 1. The van der Waals surface area contributed by atoms with Gasteiger partial charge in [-0.15, -0.1) is 0 Å². The smallest absolute Gasteiger partial charge is 0.317 e. The second-order valence-corrected chi connectivity index (χ2v) is 5.66. The van der Waals surface area contributed by atoms with Crippen LogP contribution < -0.4 is 5.32 Å². The summed E-state index contributed by atoms with van der Waals surface area (Å²) in [4.78, 5) is 28.6. The quantitative estimate of drug-likeness (QED) is 0.901. The normalized spacial score (nSPS) is 15.7. The van der Waals surface area contributed by atoms with Crippen LogP contribution in [0, 0.1) is 0 Å². The summed E-state index contributed by atoms with van der Waals surface area (Å²) in [5.41, 5.74) is 1.65. The fourth-order valence-electron chi connectivity index (χ4n) is 2.78. The molecule has 7 nitrogen and oxygen atoms in total. The van der Waals surface area contributed by atoms with Crippen LogP contribution in [0.1, 0.15) is 31.1 Å². The van der Waals surface area contributed by atoms with Crippen LogP contribution >= 0.6 is 0 Å². The highest BCUT2D eigenvalue weighted by Crippen LogP contribution is 2.29. The van der Waals surface area contributed by atoms with Gasteiger partial charge in [-0.3, -0.25) is 4.79 Å². The first-order chi connectivity index (χ1) is 11.1. The van der Waals surface area contributed by atoms with Crippen molar-refractivity contribution in [2.75, 3.05) is 19.6 Å². The lowest BCUT2D eigenvalue weighted by molar-refractivity contribution is -0.136. The molecular weight excluding hydrogens is 298 g/mol. The van der Waals surface area contributed by atoms with Crippen LogP contribution in [0.4, 0.5) is 4.79 Å². The van der Waals surface area contributed by atoms with E-state index in [1.54, 1.807) is 4.90 Å². The average Bonchev–Trinajstić information content (AvgIpc) is 2.98. The monoisotopic (exact) mass is 317 g/mol. The summed E-state index contributed by atoms with van der Waals surface area (Å²) in [7, 11) is 0. The molecule has 1 aliphatic rings. The maximum Gasteiger partial charge on any atom is 0.317 e. The fourth-order valence-corrected chi connectivity index (χ4v) is 2.78. The molecule has 3 rings (SSSR count). The van der Waals surface area contributed by atoms with Crippen molar-refractivity contribution >= 4 is 23.1 Å². The van der Waals surface area contributed by atoms with Gasteiger partial charge in [0.25, 0.3) is 0 Å². The summed E-state index contributed by atoms with van der Waals surface area (Å²) in [5.74, 6) is 0.0302. The molecule has 1 aromatic carbocycles. The molecule has 2 N–H and O–H groups in total. The number of aromatic nitrogens is 1. The molecule has 7 heteroatoms. The van der Waals surface area contributed by atoms with Gasteiger partial charge in [-0.25, -0.2) is 9.78 Å². The second kappa shape index (κ2) is 6.68. The second-order valence-electron chi connectivity index (χ2n) is 5.66. The topological polar surface area (TPSA) is 95.7 Å². The number of urea groups is 1. The molecule has 122 valence electrons. The Morgan fingerprint density at radius 3 is 2.74 bits per heavy atom. The summed E-state index contributed by atoms with van der Waals surface area (Å²) >= 11 is 0. The first-order valence-corrected chi connectivity index (χ1v) is 7.73. The minimum Gasteiger partial charge on any atom is -0.481 e. The number of benzene rings is 1. The number of likely N-dealkylation sites (tertiary alicyclic amines) is 1. The Balaban J connectivity index is 1.53. The molecule has 0 spiro atoms. The molecule has 0 saturated carbocycles. The highest BCUT2D eigenvalue weighted by molar-refractivity contribution is 5.75. The van der Waals surface area contributed by atoms with Crippen LogP contribution in [0.15, 0.2) is 28.7 Å². The number of carboxylic acids is 1. The van der Waals surface area contributed by atoms with Crippen LogP contribution in [0.3, 0.4) is 0 Å². The Morgan fingerprint density at radius 1 is 1.30 bits per heavy atom. The lowest BCUT2D eigenvalue weighted by Gasteiger charge is -2.30. The number of fused-ring (bicyclic) bond motifs is 1. The predicted octanol–water partition coefficient (Wildman–Crippen LogP) is 2.19. The van der Waals surface area contributed by atoms with Crippen molar-refractivity contribution in [3.8, 4) is 0 Å².